The van der Waals surface area contributed by atoms with E-state index in [4.69, 9.17) is 0 Å². The lowest BCUT2D eigenvalue weighted by molar-refractivity contribution is -0.137. The second-order valence-electron chi connectivity index (χ2n) is 7.33. The number of hydrogen-bond donors (Lipinski definition) is 1. The van der Waals surface area contributed by atoms with Gasteiger partial charge in [-0.05, 0) is 55.0 Å². The molecule has 0 spiro atoms. The molecule has 0 saturated carbocycles. The summed E-state index contributed by atoms with van der Waals surface area (Å²) in [6.45, 7) is 2.05. The van der Waals surface area contributed by atoms with Crippen molar-refractivity contribution in [2.24, 2.45) is 0 Å². The molecule has 0 atom stereocenters. The number of rotatable bonds is 6. The fourth-order valence-corrected chi connectivity index (χ4v) is 3.90. The van der Waals surface area contributed by atoms with E-state index in [-0.39, 0.29) is 17.8 Å². The Balaban J connectivity index is 1.79. The van der Waals surface area contributed by atoms with E-state index in [1.807, 2.05) is 31.2 Å². The average Bonchev–Trinajstić information content (AvgIpc) is 2.72. The van der Waals surface area contributed by atoms with Gasteiger partial charge in [0.25, 0.3) is 5.91 Å². The Morgan fingerprint density at radius 3 is 2.16 bits per heavy atom. The van der Waals surface area contributed by atoms with Crippen molar-refractivity contribution in [2.75, 3.05) is 15.9 Å². The number of benzene rings is 3. The molecule has 3 rings (SSSR count). The summed E-state index contributed by atoms with van der Waals surface area (Å²) in [4.78, 5) is 12.5. The van der Waals surface area contributed by atoms with Crippen molar-refractivity contribution in [3.8, 4) is 0 Å². The fraction of sp³-hybridized carbons (Fsp3) is 0.174. The second-order valence-corrected chi connectivity index (χ2v) is 9.24. The Labute approximate surface area is 184 Å². The average molecular weight is 462 g/mol. The molecular formula is C23H21F3N2O3S. The first-order valence-electron chi connectivity index (χ1n) is 9.55. The molecule has 168 valence electrons. The van der Waals surface area contributed by atoms with Crippen LogP contribution in [0.4, 0.5) is 24.5 Å². The molecule has 0 fully saturated rings. The van der Waals surface area contributed by atoms with E-state index in [9.17, 15) is 26.4 Å². The van der Waals surface area contributed by atoms with Gasteiger partial charge >= 0.3 is 6.18 Å². The zero-order valence-corrected chi connectivity index (χ0v) is 18.2. The van der Waals surface area contributed by atoms with Crippen molar-refractivity contribution in [3.05, 3.63) is 95.1 Å². The van der Waals surface area contributed by atoms with Gasteiger partial charge in [0.2, 0.25) is 10.0 Å². The Morgan fingerprint density at radius 1 is 0.969 bits per heavy atom. The molecule has 0 aliphatic heterocycles. The third kappa shape index (κ3) is 5.88. The van der Waals surface area contributed by atoms with Gasteiger partial charge in [0, 0.05) is 11.3 Å². The lowest BCUT2D eigenvalue weighted by Crippen LogP contribution is -2.29. The van der Waals surface area contributed by atoms with Crippen molar-refractivity contribution in [3.63, 3.8) is 0 Å². The SMILES string of the molecule is Cc1ccc(CN(c2ccc(C(=O)Nc3cccc(C(F)(F)F)c3)cc2)S(C)(=O)=O)cc1. The Kier molecular flexibility index (Phi) is 6.59. The first-order valence-corrected chi connectivity index (χ1v) is 11.4. The summed E-state index contributed by atoms with van der Waals surface area (Å²) < 4.78 is 64.4. The summed E-state index contributed by atoms with van der Waals surface area (Å²) in [5.74, 6) is -0.611. The number of amides is 1. The summed E-state index contributed by atoms with van der Waals surface area (Å²) in [6, 6.07) is 17.6. The van der Waals surface area contributed by atoms with Gasteiger partial charge < -0.3 is 5.32 Å². The molecule has 0 aliphatic rings. The number of sulfonamides is 1. The third-order valence-electron chi connectivity index (χ3n) is 4.71. The molecule has 1 amide bonds. The van der Waals surface area contributed by atoms with Gasteiger partial charge in [0.1, 0.15) is 0 Å². The lowest BCUT2D eigenvalue weighted by atomic mass is 10.1. The predicted molar refractivity (Wildman–Crippen MR) is 118 cm³/mol. The van der Waals surface area contributed by atoms with Gasteiger partial charge in [0.15, 0.2) is 0 Å². The normalized spacial score (nSPS) is 11.8. The molecular weight excluding hydrogens is 441 g/mol. The Bertz CT molecular complexity index is 1210. The molecule has 0 bridgehead atoms. The number of aryl methyl sites for hydroxylation is 1. The van der Waals surface area contributed by atoms with Crippen LogP contribution in [0, 0.1) is 6.92 Å². The molecule has 9 heteroatoms. The van der Waals surface area contributed by atoms with Gasteiger partial charge in [-0.3, -0.25) is 9.10 Å². The van der Waals surface area contributed by atoms with Crippen LogP contribution in [0.15, 0.2) is 72.8 Å². The van der Waals surface area contributed by atoms with Gasteiger partial charge in [-0.1, -0.05) is 35.9 Å². The largest absolute Gasteiger partial charge is 0.416 e. The van der Waals surface area contributed by atoms with E-state index < -0.39 is 27.7 Å². The molecule has 32 heavy (non-hydrogen) atoms. The summed E-state index contributed by atoms with van der Waals surface area (Å²) in [6.07, 6.45) is -3.43. The maximum atomic E-state index is 12.9. The zero-order chi connectivity index (χ0) is 23.5. The van der Waals surface area contributed by atoms with Crippen LogP contribution in [0.25, 0.3) is 0 Å². The van der Waals surface area contributed by atoms with Crippen LogP contribution in [-0.2, 0) is 22.7 Å². The van der Waals surface area contributed by atoms with Crippen LogP contribution in [0.2, 0.25) is 0 Å². The minimum absolute atomic E-state index is 0.00559. The number of hydrogen-bond acceptors (Lipinski definition) is 3. The highest BCUT2D eigenvalue weighted by atomic mass is 32.2. The van der Waals surface area contributed by atoms with Crippen LogP contribution in [0.3, 0.4) is 0 Å². The van der Waals surface area contributed by atoms with E-state index in [2.05, 4.69) is 5.32 Å². The smallest absolute Gasteiger partial charge is 0.322 e. The maximum absolute atomic E-state index is 12.9. The summed E-state index contributed by atoms with van der Waals surface area (Å²) in [7, 11) is -3.60. The standard InChI is InChI=1S/C23H21F3N2O3S/c1-16-6-8-17(9-7-16)15-28(32(2,30)31)21-12-10-18(11-13-21)22(29)27-20-5-3-4-19(14-20)23(24,25)26/h3-14H,15H2,1-2H3,(H,27,29). The highest BCUT2D eigenvalue weighted by molar-refractivity contribution is 7.92. The van der Waals surface area contributed by atoms with Crippen LogP contribution in [0.5, 0.6) is 0 Å². The first-order chi connectivity index (χ1) is 14.9. The number of nitrogens with one attached hydrogen (secondary N) is 1. The van der Waals surface area contributed by atoms with E-state index in [0.717, 1.165) is 29.5 Å². The van der Waals surface area contributed by atoms with Crippen molar-refractivity contribution in [2.45, 2.75) is 19.6 Å². The van der Waals surface area contributed by atoms with Crippen molar-refractivity contribution < 1.29 is 26.4 Å². The monoisotopic (exact) mass is 462 g/mol. The number of nitrogens with zero attached hydrogens (tertiary/aromatic N) is 1. The van der Waals surface area contributed by atoms with E-state index in [1.165, 1.54) is 40.7 Å². The van der Waals surface area contributed by atoms with Gasteiger partial charge in [-0.2, -0.15) is 13.2 Å². The molecule has 0 heterocycles. The first kappa shape index (κ1) is 23.3. The van der Waals surface area contributed by atoms with E-state index in [1.54, 1.807) is 0 Å². The lowest BCUT2D eigenvalue weighted by Gasteiger charge is -2.23. The summed E-state index contributed by atoms with van der Waals surface area (Å²) >= 11 is 0. The highest BCUT2D eigenvalue weighted by Gasteiger charge is 2.30. The van der Waals surface area contributed by atoms with Crippen LogP contribution in [-0.4, -0.2) is 20.6 Å². The van der Waals surface area contributed by atoms with Crippen molar-refractivity contribution in [1.29, 1.82) is 0 Å². The number of carbonyl (C=O) groups is 1. The summed E-state index contributed by atoms with van der Waals surface area (Å²) in [5, 5.41) is 2.42. The maximum Gasteiger partial charge on any atom is 0.416 e. The molecule has 0 aliphatic carbocycles. The molecule has 0 aromatic heterocycles. The summed E-state index contributed by atoms with van der Waals surface area (Å²) in [5.41, 5.74) is 1.53. The number of carbonyl (C=O) groups excluding carboxylic acids is 1. The second kappa shape index (κ2) is 9.04. The Morgan fingerprint density at radius 2 is 1.59 bits per heavy atom. The van der Waals surface area contributed by atoms with E-state index in [0.29, 0.717) is 5.69 Å². The number of anilines is 2. The number of halogens is 3. The third-order valence-corrected chi connectivity index (χ3v) is 5.85. The zero-order valence-electron chi connectivity index (χ0n) is 17.3. The van der Waals surface area contributed by atoms with Crippen LogP contribution in [0.1, 0.15) is 27.0 Å². The predicted octanol–water partition coefficient (Wildman–Crippen LogP) is 5.23. The van der Waals surface area contributed by atoms with E-state index >= 15 is 0 Å². The van der Waals surface area contributed by atoms with Crippen molar-refractivity contribution in [1.82, 2.24) is 0 Å². The van der Waals surface area contributed by atoms with Gasteiger partial charge in [0.05, 0.1) is 24.1 Å². The fourth-order valence-electron chi connectivity index (χ4n) is 3.01. The molecule has 5 nitrogen and oxygen atoms in total. The molecule has 0 saturated heterocycles. The Hall–Kier alpha value is -3.33. The molecule has 3 aromatic carbocycles. The van der Waals surface area contributed by atoms with Crippen LogP contribution >= 0.6 is 0 Å². The highest BCUT2D eigenvalue weighted by Crippen LogP contribution is 2.31. The molecule has 3 aromatic rings. The van der Waals surface area contributed by atoms with Crippen LogP contribution < -0.4 is 9.62 Å². The molecule has 1 N–H and O–H groups in total. The van der Waals surface area contributed by atoms with Crippen molar-refractivity contribution >= 4 is 27.3 Å². The topological polar surface area (TPSA) is 66.5 Å². The minimum atomic E-state index is -4.52. The quantitative estimate of drug-likeness (QED) is 0.545. The minimum Gasteiger partial charge on any atom is -0.322 e. The molecule has 0 unspecified atom stereocenters. The number of alkyl halides is 3. The van der Waals surface area contributed by atoms with Gasteiger partial charge in [-0.25, -0.2) is 8.42 Å². The van der Waals surface area contributed by atoms with Gasteiger partial charge in [-0.15, -0.1) is 0 Å². The molecule has 0 radical (unpaired) electrons.